The molecule has 150 valence electrons. The fraction of sp³-hybridized carbons (Fsp3) is 0.0870. The molecule has 0 bridgehead atoms. The van der Waals surface area contributed by atoms with E-state index in [0.29, 0.717) is 22.7 Å². The second-order valence-electron chi connectivity index (χ2n) is 6.35. The highest BCUT2D eigenvalue weighted by Crippen LogP contribution is 2.31. The van der Waals surface area contributed by atoms with Crippen molar-refractivity contribution in [2.75, 3.05) is 19.5 Å². The van der Waals surface area contributed by atoms with Crippen molar-refractivity contribution in [1.82, 2.24) is 9.97 Å². The summed E-state index contributed by atoms with van der Waals surface area (Å²) in [6, 6.07) is 16.7. The number of nitrogens with zero attached hydrogens (tertiary/aromatic N) is 2. The summed E-state index contributed by atoms with van der Waals surface area (Å²) < 4.78 is 10.7. The van der Waals surface area contributed by atoms with E-state index in [9.17, 15) is 4.79 Å². The summed E-state index contributed by atoms with van der Waals surface area (Å²) in [5, 5.41) is 5.81. The maximum absolute atomic E-state index is 12.9. The Morgan fingerprint density at radius 2 is 1.70 bits per heavy atom. The standard InChI is InChI=1S/C23H19N3O3S/c1-28-19-9-4-10-20(29-2)21(19)22(27)25-17-8-3-6-15(12-17)18-14-30-23(26-18)16-7-5-11-24-13-16/h3-14H,1-2H3,(H,25,27). The first-order valence-corrected chi connectivity index (χ1v) is 10.1. The van der Waals surface area contributed by atoms with Crippen molar-refractivity contribution >= 4 is 22.9 Å². The second-order valence-corrected chi connectivity index (χ2v) is 7.21. The average molecular weight is 417 g/mol. The molecule has 0 fully saturated rings. The highest BCUT2D eigenvalue weighted by atomic mass is 32.1. The lowest BCUT2D eigenvalue weighted by atomic mass is 10.1. The largest absolute Gasteiger partial charge is 0.496 e. The van der Waals surface area contributed by atoms with E-state index in [0.717, 1.165) is 21.8 Å². The van der Waals surface area contributed by atoms with Crippen LogP contribution in [-0.2, 0) is 0 Å². The molecular weight excluding hydrogens is 398 g/mol. The molecule has 4 aromatic rings. The molecule has 0 saturated heterocycles. The van der Waals surface area contributed by atoms with Gasteiger partial charge in [0.1, 0.15) is 22.1 Å². The van der Waals surface area contributed by atoms with Gasteiger partial charge in [-0.25, -0.2) is 4.98 Å². The van der Waals surface area contributed by atoms with Crippen LogP contribution in [0.5, 0.6) is 11.5 Å². The van der Waals surface area contributed by atoms with Crippen molar-refractivity contribution in [3.63, 3.8) is 0 Å². The van der Waals surface area contributed by atoms with Gasteiger partial charge in [-0.2, -0.15) is 0 Å². The van der Waals surface area contributed by atoms with Crippen LogP contribution in [0.1, 0.15) is 10.4 Å². The monoisotopic (exact) mass is 417 g/mol. The Balaban J connectivity index is 1.59. The number of rotatable bonds is 6. The Labute approximate surface area is 178 Å². The van der Waals surface area contributed by atoms with Crippen molar-refractivity contribution in [2.24, 2.45) is 0 Å². The first kappa shape index (κ1) is 19.6. The molecule has 0 spiro atoms. The van der Waals surface area contributed by atoms with E-state index in [2.05, 4.69) is 10.3 Å². The number of carbonyl (C=O) groups excluding carboxylic acids is 1. The Morgan fingerprint density at radius 3 is 2.40 bits per heavy atom. The number of nitrogens with one attached hydrogen (secondary N) is 1. The maximum atomic E-state index is 12.9. The number of hydrogen-bond donors (Lipinski definition) is 1. The molecule has 1 amide bonds. The molecule has 4 rings (SSSR count). The predicted octanol–water partition coefficient (Wildman–Crippen LogP) is 5.14. The van der Waals surface area contributed by atoms with Gasteiger partial charge in [-0.15, -0.1) is 11.3 Å². The number of anilines is 1. The van der Waals surface area contributed by atoms with E-state index in [-0.39, 0.29) is 5.91 Å². The topological polar surface area (TPSA) is 73.3 Å². The third-order valence-electron chi connectivity index (χ3n) is 4.48. The summed E-state index contributed by atoms with van der Waals surface area (Å²) in [7, 11) is 3.04. The van der Waals surface area contributed by atoms with Gasteiger partial charge in [0, 0.05) is 34.6 Å². The maximum Gasteiger partial charge on any atom is 0.263 e. The molecule has 2 heterocycles. The van der Waals surface area contributed by atoms with Gasteiger partial charge >= 0.3 is 0 Å². The molecule has 0 radical (unpaired) electrons. The van der Waals surface area contributed by atoms with Crippen molar-refractivity contribution in [2.45, 2.75) is 0 Å². The lowest BCUT2D eigenvalue weighted by Gasteiger charge is -2.13. The van der Waals surface area contributed by atoms with Crippen LogP contribution in [0.3, 0.4) is 0 Å². The third-order valence-corrected chi connectivity index (χ3v) is 5.38. The van der Waals surface area contributed by atoms with E-state index in [1.807, 2.05) is 41.8 Å². The predicted molar refractivity (Wildman–Crippen MR) is 118 cm³/mol. The van der Waals surface area contributed by atoms with Gasteiger partial charge < -0.3 is 14.8 Å². The van der Waals surface area contributed by atoms with Crippen LogP contribution in [0.2, 0.25) is 0 Å². The summed E-state index contributed by atoms with van der Waals surface area (Å²) in [6.07, 6.45) is 3.53. The average Bonchev–Trinajstić information content (AvgIpc) is 3.29. The molecule has 6 nitrogen and oxygen atoms in total. The zero-order chi connectivity index (χ0) is 20.9. The molecule has 0 aliphatic heterocycles. The molecule has 0 aliphatic carbocycles. The summed E-state index contributed by atoms with van der Waals surface area (Å²) in [4.78, 5) is 21.8. The molecule has 2 aromatic carbocycles. The number of hydrogen-bond acceptors (Lipinski definition) is 6. The summed E-state index contributed by atoms with van der Waals surface area (Å²) in [5.41, 5.74) is 3.72. The van der Waals surface area contributed by atoms with Gasteiger partial charge in [-0.1, -0.05) is 18.2 Å². The van der Waals surface area contributed by atoms with Crippen LogP contribution >= 0.6 is 11.3 Å². The zero-order valence-electron chi connectivity index (χ0n) is 16.5. The smallest absolute Gasteiger partial charge is 0.263 e. The lowest BCUT2D eigenvalue weighted by molar-refractivity contribution is 0.102. The van der Waals surface area contributed by atoms with E-state index >= 15 is 0 Å². The molecule has 7 heteroatoms. The first-order valence-electron chi connectivity index (χ1n) is 9.18. The highest BCUT2D eigenvalue weighted by Gasteiger charge is 2.18. The number of pyridine rings is 1. The van der Waals surface area contributed by atoms with Crippen LogP contribution in [-0.4, -0.2) is 30.1 Å². The van der Waals surface area contributed by atoms with Crippen molar-refractivity contribution in [3.05, 3.63) is 77.9 Å². The Hall–Kier alpha value is -3.71. The fourth-order valence-corrected chi connectivity index (χ4v) is 3.87. The van der Waals surface area contributed by atoms with Crippen molar-refractivity contribution in [1.29, 1.82) is 0 Å². The van der Waals surface area contributed by atoms with E-state index in [4.69, 9.17) is 14.5 Å². The molecule has 0 aliphatic rings. The second kappa shape index (κ2) is 8.75. The minimum Gasteiger partial charge on any atom is -0.496 e. The number of thiazole rings is 1. The van der Waals surface area contributed by atoms with Crippen LogP contribution < -0.4 is 14.8 Å². The molecular formula is C23H19N3O3S. The first-order chi connectivity index (χ1) is 14.7. The highest BCUT2D eigenvalue weighted by molar-refractivity contribution is 7.13. The lowest BCUT2D eigenvalue weighted by Crippen LogP contribution is -2.14. The van der Waals surface area contributed by atoms with E-state index in [1.165, 1.54) is 14.2 Å². The van der Waals surface area contributed by atoms with Crippen LogP contribution in [0.25, 0.3) is 21.8 Å². The number of amides is 1. The quantitative estimate of drug-likeness (QED) is 0.470. The Morgan fingerprint density at radius 1 is 0.967 bits per heavy atom. The molecule has 1 N–H and O–H groups in total. The van der Waals surface area contributed by atoms with Gasteiger partial charge in [0.25, 0.3) is 5.91 Å². The zero-order valence-corrected chi connectivity index (χ0v) is 17.3. The van der Waals surface area contributed by atoms with Crippen molar-refractivity contribution in [3.8, 4) is 33.3 Å². The third kappa shape index (κ3) is 4.01. The number of carbonyl (C=O) groups is 1. The summed E-state index contributed by atoms with van der Waals surface area (Å²) in [6.45, 7) is 0. The minimum absolute atomic E-state index is 0.309. The SMILES string of the molecule is COc1cccc(OC)c1C(=O)Nc1cccc(-c2csc(-c3cccnc3)n2)c1. The molecule has 0 unspecified atom stereocenters. The van der Waals surface area contributed by atoms with E-state index < -0.39 is 0 Å². The van der Waals surface area contributed by atoms with Gasteiger partial charge in [0.15, 0.2) is 0 Å². The number of aromatic nitrogens is 2. The molecule has 30 heavy (non-hydrogen) atoms. The van der Waals surface area contributed by atoms with Gasteiger partial charge in [0.05, 0.1) is 19.9 Å². The van der Waals surface area contributed by atoms with Gasteiger partial charge in [-0.3, -0.25) is 9.78 Å². The van der Waals surface area contributed by atoms with Crippen LogP contribution in [0, 0.1) is 0 Å². The summed E-state index contributed by atoms with van der Waals surface area (Å²) in [5.74, 6) is 0.586. The number of ether oxygens (including phenoxy) is 2. The van der Waals surface area contributed by atoms with Gasteiger partial charge in [-0.05, 0) is 36.4 Å². The van der Waals surface area contributed by atoms with Crippen LogP contribution in [0.15, 0.2) is 72.4 Å². The minimum atomic E-state index is -0.309. The number of benzene rings is 2. The van der Waals surface area contributed by atoms with E-state index in [1.54, 1.807) is 41.9 Å². The molecule has 2 aromatic heterocycles. The Kier molecular flexibility index (Phi) is 5.72. The number of methoxy groups -OCH3 is 2. The normalized spacial score (nSPS) is 10.5. The summed E-state index contributed by atoms with van der Waals surface area (Å²) >= 11 is 1.55. The van der Waals surface area contributed by atoms with Crippen molar-refractivity contribution < 1.29 is 14.3 Å². The van der Waals surface area contributed by atoms with Crippen LogP contribution in [0.4, 0.5) is 5.69 Å². The Bertz CT molecular complexity index is 1150. The van der Waals surface area contributed by atoms with Gasteiger partial charge in [0.2, 0.25) is 0 Å². The molecule has 0 saturated carbocycles. The fourth-order valence-electron chi connectivity index (χ4n) is 3.05. The molecule has 0 atom stereocenters.